The molecule has 0 aliphatic rings. The Morgan fingerprint density at radius 1 is 0.756 bits per heavy atom. The van der Waals surface area contributed by atoms with Gasteiger partial charge in [0.25, 0.3) is 0 Å². The van der Waals surface area contributed by atoms with Gasteiger partial charge in [-0.05, 0) is 48.7 Å². The van der Waals surface area contributed by atoms with E-state index >= 15 is 0 Å². The lowest BCUT2D eigenvalue weighted by molar-refractivity contribution is -0.116. The second-order valence-corrected chi connectivity index (χ2v) is 14.4. The van der Waals surface area contributed by atoms with Crippen molar-refractivity contribution < 1.29 is 23.1 Å². The van der Waals surface area contributed by atoms with Crippen molar-refractivity contribution in [3.05, 3.63) is 48.0 Å². The van der Waals surface area contributed by atoms with Gasteiger partial charge in [-0.2, -0.15) is 5.26 Å². The number of rotatable bonds is 21. The molecule has 0 aliphatic carbocycles. The molecule has 2 aromatic rings. The second-order valence-electron chi connectivity index (χ2n) is 12.1. The third-order valence-electron chi connectivity index (χ3n) is 7.82. The number of aromatic hydroxyl groups is 1. The fourth-order valence-electron chi connectivity index (χ4n) is 5.35. The van der Waals surface area contributed by atoms with Gasteiger partial charge < -0.3 is 21.1 Å². The molecule has 0 fully saturated rings. The van der Waals surface area contributed by atoms with Crippen LogP contribution in [0.3, 0.4) is 0 Å². The van der Waals surface area contributed by atoms with E-state index in [4.69, 9.17) is 5.26 Å². The van der Waals surface area contributed by atoms with Gasteiger partial charge in [-0.1, -0.05) is 104 Å². The Bertz CT molecular complexity index is 1340. The van der Waals surface area contributed by atoms with Gasteiger partial charge in [-0.3, -0.25) is 4.79 Å². The predicted molar refractivity (Wildman–Crippen MR) is 183 cm³/mol. The van der Waals surface area contributed by atoms with Gasteiger partial charge in [0.15, 0.2) is 9.84 Å². The van der Waals surface area contributed by atoms with E-state index in [9.17, 15) is 23.1 Å². The number of carbonyl (C=O) groups is 2. The number of phenolic OH excluding ortho intramolecular Hbond substituents is 1. The number of unbranched alkanes of at least 4 members (excludes halogenated alkanes) is 13. The number of nitrogens with one attached hydrogen (secondary N) is 3. The van der Waals surface area contributed by atoms with Gasteiger partial charge in [0, 0.05) is 17.4 Å². The molecular weight excluding hydrogens is 588 g/mol. The van der Waals surface area contributed by atoms with Crippen molar-refractivity contribution in [1.82, 2.24) is 0 Å². The van der Waals surface area contributed by atoms with E-state index in [-0.39, 0.29) is 22.9 Å². The van der Waals surface area contributed by atoms with Crippen molar-refractivity contribution in [2.45, 2.75) is 116 Å². The van der Waals surface area contributed by atoms with Crippen LogP contribution < -0.4 is 16.0 Å². The zero-order chi connectivity index (χ0) is 33.1. The molecule has 1 unspecified atom stereocenters. The number of hydrogen-bond donors (Lipinski definition) is 4. The Labute approximate surface area is 270 Å². The largest absolute Gasteiger partial charge is 0.506 e. The number of benzene rings is 2. The molecular formula is C35H52N4O5S. The number of phenols is 1. The Balaban J connectivity index is 1.76. The van der Waals surface area contributed by atoms with Crippen LogP contribution in [0.25, 0.3) is 0 Å². The third-order valence-corrected chi connectivity index (χ3v) is 10.2. The van der Waals surface area contributed by atoms with Gasteiger partial charge in [0.2, 0.25) is 5.91 Å². The van der Waals surface area contributed by atoms with Crippen LogP contribution in [-0.4, -0.2) is 36.5 Å². The number of amides is 3. The lowest BCUT2D eigenvalue weighted by atomic mass is 10.0. The van der Waals surface area contributed by atoms with Crippen LogP contribution in [0.5, 0.6) is 5.75 Å². The van der Waals surface area contributed by atoms with E-state index in [2.05, 4.69) is 22.9 Å². The molecule has 0 heterocycles. The normalized spacial score (nSPS) is 12.0. The first-order chi connectivity index (χ1) is 21.6. The summed E-state index contributed by atoms with van der Waals surface area (Å²) < 4.78 is 26.3. The summed E-state index contributed by atoms with van der Waals surface area (Å²) in [6.07, 6.45) is 16.5. The molecule has 0 aromatic heterocycles. The van der Waals surface area contributed by atoms with Crippen molar-refractivity contribution in [3.8, 4) is 11.8 Å². The molecule has 248 valence electrons. The van der Waals surface area contributed by atoms with Gasteiger partial charge in [-0.15, -0.1) is 0 Å². The fourth-order valence-corrected chi connectivity index (χ4v) is 7.42. The molecule has 0 saturated heterocycles. The number of hydrogen-bond acceptors (Lipinski definition) is 6. The predicted octanol–water partition coefficient (Wildman–Crippen LogP) is 8.77. The first kappa shape index (κ1) is 37.6. The van der Waals surface area contributed by atoms with Crippen LogP contribution in [0.15, 0.2) is 42.5 Å². The van der Waals surface area contributed by atoms with E-state index in [1.807, 2.05) is 6.07 Å². The Morgan fingerprint density at radius 3 is 1.76 bits per heavy atom. The van der Waals surface area contributed by atoms with Crippen LogP contribution >= 0.6 is 0 Å². The first-order valence-corrected chi connectivity index (χ1v) is 18.2. The highest BCUT2D eigenvalue weighted by atomic mass is 32.2. The third kappa shape index (κ3) is 14.4. The van der Waals surface area contributed by atoms with Crippen LogP contribution in [0, 0.1) is 17.2 Å². The average molecular weight is 641 g/mol. The smallest absolute Gasteiger partial charge is 0.323 e. The molecule has 10 heteroatoms. The van der Waals surface area contributed by atoms with Gasteiger partial charge >= 0.3 is 6.03 Å². The highest BCUT2D eigenvalue weighted by Gasteiger charge is 2.35. The maximum atomic E-state index is 13.2. The fraction of sp³-hybridized carbons (Fsp3) is 0.571. The summed E-state index contributed by atoms with van der Waals surface area (Å²) in [5.74, 6) is -1.41. The Morgan fingerprint density at radius 2 is 1.27 bits per heavy atom. The van der Waals surface area contributed by atoms with Crippen molar-refractivity contribution in [1.29, 1.82) is 5.26 Å². The summed E-state index contributed by atoms with van der Waals surface area (Å²) in [5.41, 5.74) is 1.24. The molecule has 0 bridgehead atoms. The van der Waals surface area contributed by atoms with Gasteiger partial charge in [0.05, 0.1) is 23.1 Å². The van der Waals surface area contributed by atoms with Crippen LogP contribution in [0.1, 0.15) is 116 Å². The minimum absolute atomic E-state index is 0.0379. The summed E-state index contributed by atoms with van der Waals surface area (Å²) in [5, 5.41) is 25.9. The summed E-state index contributed by atoms with van der Waals surface area (Å²) in [7, 11) is -3.68. The van der Waals surface area contributed by atoms with E-state index in [1.165, 1.54) is 82.4 Å². The maximum Gasteiger partial charge on any atom is 0.323 e. The molecule has 1 atom stereocenters. The van der Waals surface area contributed by atoms with Crippen LogP contribution in [0.2, 0.25) is 0 Å². The summed E-state index contributed by atoms with van der Waals surface area (Å²) >= 11 is 0. The van der Waals surface area contributed by atoms with Gasteiger partial charge in [0.1, 0.15) is 11.0 Å². The molecule has 2 rings (SSSR count). The topological polar surface area (TPSA) is 148 Å². The Hall–Kier alpha value is -3.58. The summed E-state index contributed by atoms with van der Waals surface area (Å²) in [6.45, 7) is 5.66. The lowest BCUT2D eigenvalue weighted by Crippen LogP contribution is -2.40. The Kier molecular flexibility index (Phi) is 17.1. The van der Waals surface area contributed by atoms with Crippen molar-refractivity contribution in [2.24, 2.45) is 5.92 Å². The number of nitrogens with zero attached hydrogens (tertiary/aromatic N) is 1. The molecule has 3 amide bonds. The van der Waals surface area contributed by atoms with E-state index < -0.39 is 32.9 Å². The lowest BCUT2D eigenvalue weighted by Gasteiger charge is -2.21. The second kappa shape index (κ2) is 20.5. The van der Waals surface area contributed by atoms with Crippen LogP contribution in [-0.2, 0) is 14.6 Å². The number of anilines is 3. The molecule has 4 N–H and O–H groups in total. The van der Waals surface area contributed by atoms with E-state index in [0.717, 1.165) is 19.3 Å². The molecule has 0 saturated carbocycles. The van der Waals surface area contributed by atoms with E-state index in [1.54, 1.807) is 38.1 Å². The number of carbonyl (C=O) groups excluding carboxylic acids is 2. The van der Waals surface area contributed by atoms with Crippen LogP contribution in [0.4, 0.5) is 21.9 Å². The van der Waals surface area contributed by atoms with Crippen molar-refractivity contribution in [2.75, 3.05) is 21.7 Å². The summed E-state index contributed by atoms with van der Waals surface area (Å²) in [6, 6.07) is 11.8. The molecule has 45 heavy (non-hydrogen) atoms. The summed E-state index contributed by atoms with van der Waals surface area (Å²) in [4.78, 5) is 25.4. The average Bonchev–Trinajstić information content (AvgIpc) is 2.98. The SMILES string of the molecule is CCCCCCCCCCCCCCCCS(=O)(=O)C(C(=O)Nc1ccc(NC(=O)Nc2ccc(C#N)cc2)c(O)c1)C(C)C. The molecule has 2 aromatic carbocycles. The van der Waals surface area contributed by atoms with Gasteiger partial charge in [-0.25, -0.2) is 13.2 Å². The molecule has 0 radical (unpaired) electrons. The number of nitriles is 1. The zero-order valence-corrected chi connectivity index (χ0v) is 28.1. The van der Waals surface area contributed by atoms with Crippen molar-refractivity contribution >= 4 is 38.8 Å². The highest BCUT2D eigenvalue weighted by Crippen LogP contribution is 2.28. The minimum Gasteiger partial charge on any atom is -0.506 e. The van der Waals surface area contributed by atoms with Crippen molar-refractivity contribution in [3.63, 3.8) is 0 Å². The highest BCUT2D eigenvalue weighted by molar-refractivity contribution is 7.92. The zero-order valence-electron chi connectivity index (χ0n) is 27.2. The first-order valence-electron chi connectivity index (χ1n) is 16.5. The number of sulfone groups is 1. The number of urea groups is 1. The molecule has 0 aliphatic heterocycles. The maximum absolute atomic E-state index is 13.2. The monoisotopic (exact) mass is 640 g/mol. The minimum atomic E-state index is -3.68. The quantitative estimate of drug-likeness (QED) is 0.0792. The standard InChI is InChI=1S/C35H52N4O5S/c1-4-5-6-7-8-9-10-11-12-13-14-15-16-17-24-45(43,44)33(27(2)3)34(41)37-30-22-23-31(32(40)25-30)39-35(42)38-29-20-18-28(26-36)19-21-29/h18-23,25,27,33,40H,4-17,24H2,1-3H3,(H,37,41)(H2,38,39,42). The molecule has 0 spiro atoms. The van der Waals surface area contributed by atoms with E-state index in [0.29, 0.717) is 17.7 Å². The molecule has 9 nitrogen and oxygen atoms in total.